The summed E-state index contributed by atoms with van der Waals surface area (Å²) in [5.74, 6) is -1.41. The molecule has 1 amide bonds. The highest BCUT2D eigenvalue weighted by molar-refractivity contribution is 5.99. The first kappa shape index (κ1) is 32.7. The number of nitrogen functional groups attached to an aromatic ring is 1. The van der Waals surface area contributed by atoms with Gasteiger partial charge in [0.1, 0.15) is 30.2 Å². The van der Waals surface area contributed by atoms with Crippen LogP contribution >= 0.6 is 0 Å². The Morgan fingerprint density at radius 1 is 0.887 bits per heavy atom. The van der Waals surface area contributed by atoms with Crippen LogP contribution in [0.2, 0.25) is 0 Å². The van der Waals surface area contributed by atoms with Crippen molar-refractivity contribution in [3.8, 4) is 22.6 Å². The molecule has 13 heteroatoms. The summed E-state index contributed by atoms with van der Waals surface area (Å²) in [6.45, 7) is 3.93. The van der Waals surface area contributed by atoms with E-state index in [4.69, 9.17) is 29.4 Å². The number of ether oxygens (including phenoxy) is 5. The summed E-state index contributed by atoms with van der Waals surface area (Å²) in [4.78, 5) is 31.1. The summed E-state index contributed by atoms with van der Waals surface area (Å²) in [6.07, 6.45) is 8.19. The number of nitrogens with one attached hydrogen (secondary N) is 1. The van der Waals surface area contributed by atoms with Crippen molar-refractivity contribution in [2.24, 2.45) is 0 Å². The van der Waals surface area contributed by atoms with E-state index >= 15 is 0 Å². The standard InChI is InChI=1S/C40H35N7O6/c1-39(2)51-33-29(49-38(34(33)52-39)47-23-46-31-35(41)44-22-45-36(31)47)14-9-17-43-37(48)28-20-25(24-15-18-42-19-16-24)21-30-32(28)53-40(50-30,26-10-5-3-6-11-26)27-12-7-4-8-13-27/h3-16,18-23,29,33-34,38H,17H2,1-2H3,(H,43,48)(H2,41,44,45)/t29-,33-,34-,38-/m1/s1. The van der Waals surface area contributed by atoms with Gasteiger partial charge in [-0.25, -0.2) is 15.0 Å². The molecule has 0 radical (unpaired) electrons. The molecule has 3 aromatic carbocycles. The molecule has 3 N–H and O–H groups in total. The molecule has 2 saturated heterocycles. The van der Waals surface area contributed by atoms with Crippen LogP contribution in [0, 0.1) is 0 Å². The van der Waals surface area contributed by atoms with Crippen molar-refractivity contribution in [3.63, 3.8) is 0 Å². The van der Waals surface area contributed by atoms with Crippen molar-refractivity contribution in [3.05, 3.63) is 139 Å². The maximum atomic E-state index is 14.1. The molecule has 2 fully saturated rings. The number of hydrogen-bond donors (Lipinski definition) is 2. The summed E-state index contributed by atoms with van der Waals surface area (Å²) >= 11 is 0. The molecule has 9 rings (SSSR count). The third-order valence-electron chi connectivity index (χ3n) is 9.55. The Bertz CT molecular complexity index is 2300. The largest absolute Gasteiger partial charge is 0.440 e. The molecule has 4 atom stereocenters. The molecule has 0 aliphatic carbocycles. The van der Waals surface area contributed by atoms with Gasteiger partial charge in [0.15, 0.2) is 35.0 Å². The number of fused-ring (bicyclic) bond motifs is 3. The first-order valence-corrected chi connectivity index (χ1v) is 17.3. The van der Waals surface area contributed by atoms with Crippen molar-refractivity contribution in [2.75, 3.05) is 12.3 Å². The number of carbonyl (C=O) groups is 1. The van der Waals surface area contributed by atoms with E-state index in [1.807, 2.05) is 111 Å². The van der Waals surface area contributed by atoms with E-state index in [0.717, 1.165) is 22.3 Å². The molecule has 3 aliphatic rings. The zero-order valence-corrected chi connectivity index (χ0v) is 28.8. The fraction of sp³-hybridized carbons (Fsp3) is 0.225. The summed E-state index contributed by atoms with van der Waals surface area (Å²) in [6, 6.07) is 26.9. The predicted octanol–water partition coefficient (Wildman–Crippen LogP) is 5.55. The molecule has 0 saturated carbocycles. The van der Waals surface area contributed by atoms with E-state index in [1.54, 1.807) is 23.3 Å². The predicted molar refractivity (Wildman–Crippen MR) is 194 cm³/mol. The first-order valence-electron chi connectivity index (χ1n) is 17.3. The number of nitrogens with two attached hydrogens (primary N) is 1. The van der Waals surface area contributed by atoms with Gasteiger partial charge in [0, 0.05) is 30.1 Å². The van der Waals surface area contributed by atoms with E-state index < -0.39 is 36.1 Å². The molecule has 0 unspecified atom stereocenters. The van der Waals surface area contributed by atoms with E-state index in [2.05, 4.69) is 25.3 Å². The van der Waals surface area contributed by atoms with Crippen molar-refractivity contribution >= 4 is 22.9 Å². The summed E-state index contributed by atoms with van der Waals surface area (Å²) in [5.41, 5.74) is 10.6. The normalized spacial score (nSPS) is 22.3. The molecule has 3 aliphatic heterocycles. The lowest BCUT2D eigenvalue weighted by Crippen LogP contribution is -2.37. The topological polar surface area (TPSA) is 158 Å². The van der Waals surface area contributed by atoms with Crippen LogP contribution in [0.25, 0.3) is 22.3 Å². The molecular weight excluding hydrogens is 674 g/mol. The van der Waals surface area contributed by atoms with Gasteiger partial charge < -0.3 is 34.7 Å². The smallest absolute Gasteiger partial charge is 0.305 e. The third-order valence-corrected chi connectivity index (χ3v) is 9.55. The number of imidazole rings is 1. The molecule has 6 heterocycles. The van der Waals surface area contributed by atoms with Crippen LogP contribution in [-0.4, -0.2) is 61.1 Å². The van der Waals surface area contributed by atoms with Crippen LogP contribution in [-0.2, 0) is 20.0 Å². The first-order chi connectivity index (χ1) is 25.8. The molecule has 0 bridgehead atoms. The lowest BCUT2D eigenvalue weighted by molar-refractivity contribution is -0.191. The molecule has 266 valence electrons. The van der Waals surface area contributed by atoms with Gasteiger partial charge >= 0.3 is 5.79 Å². The van der Waals surface area contributed by atoms with E-state index in [0.29, 0.717) is 28.2 Å². The summed E-state index contributed by atoms with van der Waals surface area (Å²) in [7, 11) is 0. The minimum Gasteiger partial charge on any atom is -0.440 e. The number of aromatic nitrogens is 5. The fourth-order valence-corrected chi connectivity index (χ4v) is 7.19. The van der Waals surface area contributed by atoms with E-state index in [1.165, 1.54) is 6.33 Å². The minimum absolute atomic E-state index is 0.195. The minimum atomic E-state index is -1.31. The van der Waals surface area contributed by atoms with E-state index in [9.17, 15) is 4.79 Å². The molecule has 3 aromatic heterocycles. The number of benzene rings is 3. The summed E-state index contributed by atoms with van der Waals surface area (Å²) < 4.78 is 34.3. The van der Waals surface area contributed by atoms with Crippen molar-refractivity contribution in [1.29, 1.82) is 0 Å². The van der Waals surface area contributed by atoms with Crippen LogP contribution in [0.4, 0.5) is 5.82 Å². The highest BCUT2D eigenvalue weighted by atomic mass is 16.8. The van der Waals surface area contributed by atoms with Gasteiger partial charge in [-0.05, 0) is 49.2 Å². The number of pyridine rings is 1. The molecule has 6 aromatic rings. The highest BCUT2D eigenvalue weighted by Crippen LogP contribution is 2.51. The number of anilines is 1. The lowest BCUT2D eigenvalue weighted by atomic mass is 9.97. The lowest BCUT2D eigenvalue weighted by Gasteiger charge is -2.28. The molecular formula is C40H35N7O6. The quantitative estimate of drug-likeness (QED) is 0.191. The van der Waals surface area contributed by atoms with Gasteiger partial charge in [-0.2, -0.15) is 0 Å². The Kier molecular flexibility index (Phi) is 7.91. The maximum absolute atomic E-state index is 14.1. The van der Waals surface area contributed by atoms with Crippen LogP contribution in [0.15, 0.2) is 122 Å². The van der Waals surface area contributed by atoms with Gasteiger partial charge in [-0.15, -0.1) is 0 Å². The van der Waals surface area contributed by atoms with E-state index in [-0.39, 0.29) is 18.3 Å². The van der Waals surface area contributed by atoms with Gasteiger partial charge in [0.2, 0.25) is 0 Å². The van der Waals surface area contributed by atoms with Crippen molar-refractivity contribution in [2.45, 2.75) is 50.0 Å². The van der Waals surface area contributed by atoms with Crippen LogP contribution < -0.4 is 20.5 Å². The van der Waals surface area contributed by atoms with Gasteiger partial charge in [0.25, 0.3) is 5.91 Å². The number of nitrogens with zero attached hydrogens (tertiary/aromatic N) is 5. The van der Waals surface area contributed by atoms with Gasteiger partial charge in [-0.1, -0.05) is 72.8 Å². The average molecular weight is 710 g/mol. The zero-order valence-electron chi connectivity index (χ0n) is 28.8. The molecule has 13 nitrogen and oxygen atoms in total. The van der Waals surface area contributed by atoms with Crippen LogP contribution in [0.3, 0.4) is 0 Å². The Morgan fingerprint density at radius 3 is 2.34 bits per heavy atom. The Morgan fingerprint density at radius 2 is 1.60 bits per heavy atom. The van der Waals surface area contributed by atoms with Crippen molar-refractivity contribution in [1.82, 2.24) is 29.8 Å². The third kappa shape index (κ3) is 5.75. The second kappa shape index (κ2) is 12.8. The molecule has 53 heavy (non-hydrogen) atoms. The Hall–Kier alpha value is -6.15. The fourth-order valence-electron chi connectivity index (χ4n) is 7.19. The number of hydrogen-bond acceptors (Lipinski definition) is 11. The maximum Gasteiger partial charge on any atom is 0.305 e. The van der Waals surface area contributed by atoms with Gasteiger partial charge in [0.05, 0.1) is 11.9 Å². The monoisotopic (exact) mass is 709 g/mol. The van der Waals surface area contributed by atoms with Crippen molar-refractivity contribution < 1.29 is 28.5 Å². The second-order valence-corrected chi connectivity index (χ2v) is 13.4. The summed E-state index contributed by atoms with van der Waals surface area (Å²) in [5, 5.41) is 3.04. The highest BCUT2D eigenvalue weighted by Gasteiger charge is 2.55. The molecule has 0 spiro atoms. The Labute approximate surface area is 304 Å². The van der Waals surface area contributed by atoms with Crippen LogP contribution in [0.1, 0.15) is 41.6 Å². The number of carbonyl (C=O) groups excluding carboxylic acids is 1. The number of rotatable bonds is 8. The van der Waals surface area contributed by atoms with Gasteiger partial charge in [-0.3, -0.25) is 14.3 Å². The average Bonchev–Trinajstić information content (AvgIpc) is 3.95. The van der Waals surface area contributed by atoms with Crippen LogP contribution in [0.5, 0.6) is 11.5 Å². The second-order valence-electron chi connectivity index (χ2n) is 13.4. The Balaban J connectivity index is 0.994. The SMILES string of the molecule is CC1(C)O[C@@H]2[C@H](O1)[C@@H](C=CCNC(=O)c1cc(-c3ccncc3)cc3c1OC(c1ccccc1)(c1ccccc1)O3)O[C@H]2n1cnc2c(N)ncnc21. The zero-order chi connectivity index (χ0) is 36.2. The number of amides is 1.